The van der Waals surface area contributed by atoms with E-state index in [0.29, 0.717) is 5.41 Å². The number of fused-ring (bicyclic) bond motifs is 3. The molecule has 5 aliphatic carbocycles. The summed E-state index contributed by atoms with van der Waals surface area (Å²) in [6, 6.07) is 22.4. The molecule has 0 unspecified atom stereocenters. The molecule has 4 bridgehead atoms. The molecule has 0 amide bonds. The quantitative estimate of drug-likeness (QED) is 0.256. The molecule has 0 aromatic heterocycles. The second-order valence-electron chi connectivity index (χ2n) is 16.2. The second kappa shape index (κ2) is 13.9. The summed E-state index contributed by atoms with van der Waals surface area (Å²) >= 11 is 1.55. The third kappa shape index (κ3) is 8.29. The minimum atomic E-state index is 0. The maximum absolute atomic E-state index is 3.67. The van der Waals surface area contributed by atoms with E-state index < -0.39 is 0 Å². The minimum Gasteiger partial charge on any atom is -1.00 e. The zero-order chi connectivity index (χ0) is 29.7. The Morgan fingerprint density at radius 2 is 1.35 bits per heavy atom. The third-order valence-corrected chi connectivity index (χ3v) is 10.0. The first kappa shape index (κ1) is 36.6. The van der Waals surface area contributed by atoms with Crippen LogP contribution in [0.4, 0.5) is 0 Å². The summed E-state index contributed by atoms with van der Waals surface area (Å²) in [6.07, 6.45) is 10.2. The summed E-state index contributed by atoms with van der Waals surface area (Å²) in [5, 5.41) is 0. The molecule has 0 nitrogen and oxygen atoms in total. The Labute approximate surface area is 290 Å². The molecule has 0 saturated heterocycles. The fraction of sp³-hybridized carbons (Fsp3) is 0.550. The molecule has 0 atom stereocenters. The van der Waals surface area contributed by atoms with E-state index >= 15 is 0 Å². The molecule has 4 fully saturated rings. The Hall–Kier alpha value is -0.877. The van der Waals surface area contributed by atoms with Crippen molar-refractivity contribution in [1.29, 1.82) is 0 Å². The summed E-state index contributed by atoms with van der Waals surface area (Å²) in [4.78, 5) is 0. The van der Waals surface area contributed by atoms with E-state index in [2.05, 4.69) is 117 Å². The van der Waals surface area contributed by atoms with Crippen molar-refractivity contribution in [2.45, 2.75) is 124 Å². The topological polar surface area (TPSA) is 0 Å². The molecular formula is C40H52Cl2Zr-2. The van der Waals surface area contributed by atoms with Crippen LogP contribution < -0.4 is 24.8 Å². The van der Waals surface area contributed by atoms with Gasteiger partial charge in [-0.05, 0) is 65.4 Å². The molecule has 43 heavy (non-hydrogen) atoms. The van der Waals surface area contributed by atoms with Gasteiger partial charge in [0.1, 0.15) is 0 Å². The van der Waals surface area contributed by atoms with Crippen LogP contribution in [-0.4, -0.2) is 3.21 Å². The van der Waals surface area contributed by atoms with Gasteiger partial charge in [0.15, 0.2) is 0 Å². The maximum atomic E-state index is 3.67. The third-order valence-electron chi connectivity index (χ3n) is 10.0. The minimum absolute atomic E-state index is 0. The van der Waals surface area contributed by atoms with Crippen molar-refractivity contribution in [3.8, 4) is 11.1 Å². The molecule has 8 rings (SSSR count). The largest absolute Gasteiger partial charge is 1.00 e. The molecule has 0 N–H and O–H groups in total. The fourth-order valence-electron chi connectivity index (χ4n) is 8.38. The number of aryl methyl sites for hydroxylation is 1. The van der Waals surface area contributed by atoms with Gasteiger partial charge in [0.2, 0.25) is 0 Å². The van der Waals surface area contributed by atoms with Crippen molar-refractivity contribution < 1.29 is 49.0 Å². The van der Waals surface area contributed by atoms with E-state index in [1.54, 1.807) is 49.1 Å². The molecule has 3 heteroatoms. The van der Waals surface area contributed by atoms with Crippen molar-refractivity contribution in [3.05, 3.63) is 88.0 Å². The first-order chi connectivity index (χ1) is 19.1. The van der Waals surface area contributed by atoms with E-state index in [1.165, 1.54) is 61.4 Å². The van der Waals surface area contributed by atoms with E-state index in [0.717, 1.165) is 24.2 Å². The van der Waals surface area contributed by atoms with E-state index in [4.69, 9.17) is 0 Å². The number of hydrogen-bond donors (Lipinski definition) is 0. The predicted octanol–water partition coefficient (Wildman–Crippen LogP) is 4.59. The number of halogens is 2. The molecule has 232 valence electrons. The van der Waals surface area contributed by atoms with Gasteiger partial charge in [-0.25, -0.2) is 6.07 Å². The van der Waals surface area contributed by atoms with Crippen LogP contribution in [0.25, 0.3) is 11.1 Å². The van der Waals surface area contributed by atoms with Crippen LogP contribution in [0.3, 0.4) is 0 Å². The van der Waals surface area contributed by atoms with E-state index in [9.17, 15) is 0 Å². The van der Waals surface area contributed by atoms with Gasteiger partial charge in [0.25, 0.3) is 0 Å². The normalized spacial score (nSPS) is 24.3. The van der Waals surface area contributed by atoms with Gasteiger partial charge in [-0.15, -0.1) is 11.1 Å². The first-order valence-corrected chi connectivity index (χ1v) is 17.3. The van der Waals surface area contributed by atoms with Gasteiger partial charge in [0, 0.05) is 0 Å². The number of benzene rings is 2. The zero-order valence-corrected chi connectivity index (χ0v) is 32.0. The summed E-state index contributed by atoms with van der Waals surface area (Å²) < 4.78 is 1.51. The summed E-state index contributed by atoms with van der Waals surface area (Å²) in [5.74, 6) is 3.21. The zero-order valence-electron chi connectivity index (χ0n) is 28.1. The molecular weight excluding hydrogens is 643 g/mol. The van der Waals surface area contributed by atoms with Crippen LogP contribution in [-0.2, 0) is 46.9 Å². The van der Waals surface area contributed by atoms with Gasteiger partial charge >= 0.3 is 41.3 Å². The van der Waals surface area contributed by atoms with Gasteiger partial charge in [-0.2, -0.15) is 47.0 Å². The van der Waals surface area contributed by atoms with Gasteiger partial charge in [-0.3, -0.25) is 0 Å². The Kier molecular flexibility index (Phi) is 11.8. The maximum Gasteiger partial charge on any atom is -0.0411 e. The van der Waals surface area contributed by atoms with Crippen LogP contribution in [0.2, 0.25) is 0 Å². The molecule has 5 aliphatic rings. The average Bonchev–Trinajstić information content (AvgIpc) is 3.45. The first-order valence-electron chi connectivity index (χ1n) is 16.1. The Bertz CT molecular complexity index is 1310. The molecule has 0 aliphatic heterocycles. The van der Waals surface area contributed by atoms with Crippen LogP contribution in [0, 0.1) is 30.7 Å². The predicted molar refractivity (Wildman–Crippen MR) is 174 cm³/mol. The smallest absolute Gasteiger partial charge is 0.0411 e. The van der Waals surface area contributed by atoms with Gasteiger partial charge in [-0.1, -0.05) is 96.9 Å². The van der Waals surface area contributed by atoms with Crippen LogP contribution in [0.5, 0.6) is 0 Å². The van der Waals surface area contributed by atoms with Gasteiger partial charge in [0.05, 0.1) is 0 Å². The molecule has 3 aromatic rings. The van der Waals surface area contributed by atoms with Crippen molar-refractivity contribution in [2.24, 2.45) is 17.8 Å². The van der Waals surface area contributed by atoms with Crippen LogP contribution >= 0.6 is 0 Å². The van der Waals surface area contributed by atoms with Crippen molar-refractivity contribution in [2.75, 3.05) is 0 Å². The monoisotopic (exact) mass is 692 g/mol. The van der Waals surface area contributed by atoms with E-state index in [-0.39, 0.29) is 35.6 Å². The Morgan fingerprint density at radius 3 is 1.81 bits per heavy atom. The summed E-state index contributed by atoms with van der Waals surface area (Å²) in [7, 11) is 0. The van der Waals surface area contributed by atoms with Crippen LogP contribution in [0.1, 0.15) is 127 Å². The molecule has 3 aromatic carbocycles. The van der Waals surface area contributed by atoms with Crippen molar-refractivity contribution in [3.63, 3.8) is 0 Å². The van der Waals surface area contributed by atoms with Crippen molar-refractivity contribution >= 4 is 3.21 Å². The number of rotatable bonds is 1. The summed E-state index contributed by atoms with van der Waals surface area (Å²) in [6.45, 7) is 20.1. The van der Waals surface area contributed by atoms with Crippen LogP contribution in [0.15, 0.2) is 48.5 Å². The molecule has 0 radical (unpaired) electrons. The molecule has 0 heterocycles. The molecule has 0 spiro atoms. The van der Waals surface area contributed by atoms with Gasteiger partial charge < -0.3 is 24.8 Å². The molecule has 4 saturated carbocycles. The Morgan fingerprint density at radius 1 is 0.814 bits per heavy atom. The fourth-order valence-corrected chi connectivity index (χ4v) is 8.38. The van der Waals surface area contributed by atoms with Crippen molar-refractivity contribution in [1.82, 2.24) is 0 Å². The second-order valence-corrected chi connectivity index (χ2v) is 18.6. The number of hydrogen-bond acceptors (Lipinski definition) is 0. The standard InChI is InChI=1S/C21H25.C16H21.C3H6.2ClH.Zr/c1-20(2,3)16-7-9-18-14(12-16)11-15-13-17(21(4,5)6)8-10-19(15)18;1-11-2-3-15(4-11)16-8-12-5-13(9-16)7-14(6-12)10-16;1-3-2;;;/h7-10,12H,11H2,1-6H3;2-4,12-14H,5-10H2,1H3;1-2H3;2*1H;/q2*-1;;;;+2/p-2. The SMILES string of the molecule is CC(C)(C)c1[c-]c2c(cc1)-c1ccc(C(C)(C)C)cc1C2.C[C](C)=[Zr+2].Cc1cc(C23CC4CC(CC(C4)C2)C3)c[cH-]1.[Cl-].[Cl-]. The average molecular weight is 695 g/mol. The Balaban J connectivity index is 0.000000205. The van der Waals surface area contributed by atoms with E-state index in [1.807, 2.05) is 0 Å². The summed E-state index contributed by atoms with van der Waals surface area (Å²) in [5.41, 5.74) is 12.5.